The molecule has 2 aromatic carbocycles. The minimum Gasteiger partial charge on any atom is -0.454 e. The summed E-state index contributed by atoms with van der Waals surface area (Å²) in [5, 5.41) is 14.4. The van der Waals surface area contributed by atoms with Crippen LogP contribution < -0.4 is 9.47 Å². The minimum absolute atomic E-state index is 0.135. The maximum Gasteiger partial charge on any atom is 0.231 e. The molecule has 1 aromatic heterocycles. The summed E-state index contributed by atoms with van der Waals surface area (Å²) in [6.07, 6.45) is 2.11. The molecule has 152 valence electrons. The van der Waals surface area contributed by atoms with Crippen molar-refractivity contribution in [2.24, 2.45) is 0 Å². The van der Waals surface area contributed by atoms with Crippen LogP contribution >= 0.6 is 0 Å². The molecule has 3 aromatic rings. The Morgan fingerprint density at radius 2 is 1.90 bits per heavy atom. The molecule has 29 heavy (non-hydrogen) atoms. The average Bonchev–Trinajstić information content (AvgIpc) is 3.34. The van der Waals surface area contributed by atoms with Crippen molar-refractivity contribution in [1.82, 2.24) is 14.7 Å². The Morgan fingerprint density at radius 3 is 2.66 bits per heavy atom. The van der Waals surface area contributed by atoms with E-state index in [9.17, 15) is 5.11 Å². The third kappa shape index (κ3) is 4.44. The topological polar surface area (TPSA) is 59.8 Å². The van der Waals surface area contributed by atoms with Crippen LogP contribution in [0.2, 0.25) is 0 Å². The molecule has 1 aliphatic heterocycles. The van der Waals surface area contributed by atoms with Gasteiger partial charge in [-0.2, -0.15) is 5.10 Å². The Morgan fingerprint density at radius 1 is 1.10 bits per heavy atom. The number of hydrogen-bond acceptors (Lipinski definition) is 5. The van der Waals surface area contributed by atoms with Crippen LogP contribution in [0.1, 0.15) is 25.0 Å². The largest absolute Gasteiger partial charge is 0.454 e. The maximum atomic E-state index is 9.46. The van der Waals surface area contributed by atoms with E-state index in [4.69, 9.17) is 14.6 Å². The molecule has 1 aliphatic rings. The number of nitrogens with zero attached hydrogens (tertiary/aromatic N) is 3. The summed E-state index contributed by atoms with van der Waals surface area (Å²) in [6.45, 7) is 6.73. The zero-order valence-corrected chi connectivity index (χ0v) is 16.9. The number of hydrogen-bond donors (Lipinski definition) is 1. The fourth-order valence-electron chi connectivity index (χ4n) is 3.58. The SMILES string of the molecule is CC(C)N(CCO)Cc1cn(Cc2ccccc2)nc1-c1ccc2c(c1)OCO2. The molecule has 0 aliphatic carbocycles. The van der Waals surface area contributed by atoms with Gasteiger partial charge in [0.1, 0.15) is 0 Å². The van der Waals surface area contributed by atoms with Gasteiger partial charge in [0.2, 0.25) is 6.79 Å². The molecule has 0 bridgehead atoms. The molecule has 0 saturated heterocycles. The summed E-state index contributed by atoms with van der Waals surface area (Å²) in [5.74, 6) is 1.52. The molecule has 0 saturated carbocycles. The number of fused-ring (bicyclic) bond motifs is 1. The first kappa shape index (κ1) is 19.5. The number of aliphatic hydroxyl groups excluding tert-OH is 1. The molecule has 0 atom stereocenters. The summed E-state index contributed by atoms with van der Waals surface area (Å²) in [6, 6.07) is 16.6. The van der Waals surface area contributed by atoms with E-state index in [-0.39, 0.29) is 13.4 Å². The third-order valence-corrected chi connectivity index (χ3v) is 5.16. The quantitative estimate of drug-likeness (QED) is 0.634. The molecule has 6 nitrogen and oxygen atoms in total. The molecule has 0 unspecified atom stereocenters. The fourth-order valence-corrected chi connectivity index (χ4v) is 3.58. The Hall–Kier alpha value is -2.83. The van der Waals surface area contributed by atoms with Gasteiger partial charge in [0.25, 0.3) is 0 Å². The lowest BCUT2D eigenvalue weighted by Gasteiger charge is -2.25. The van der Waals surface area contributed by atoms with Crippen molar-refractivity contribution in [3.05, 3.63) is 65.9 Å². The van der Waals surface area contributed by atoms with Gasteiger partial charge < -0.3 is 14.6 Å². The number of benzene rings is 2. The summed E-state index contributed by atoms with van der Waals surface area (Å²) >= 11 is 0. The summed E-state index contributed by atoms with van der Waals surface area (Å²) in [7, 11) is 0. The van der Waals surface area contributed by atoms with E-state index in [1.807, 2.05) is 41.1 Å². The first-order chi connectivity index (χ1) is 14.1. The molecule has 2 heterocycles. The molecule has 0 fully saturated rings. The van der Waals surface area contributed by atoms with Crippen LogP contribution in [0.4, 0.5) is 0 Å². The molecule has 4 rings (SSSR count). The lowest BCUT2D eigenvalue weighted by Crippen LogP contribution is -2.32. The van der Waals surface area contributed by atoms with Gasteiger partial charge in [-0.25, -0.2) is 0 Å². The van der Waals surface area contributed by atoms with Crippen LogP contribution in [-0.2, 0) is 13.1 Å². The van der Waals surface area contributed by atoms with Gasteiger partial charge in [-0.15, -0.1) is 0 Å². The number of aromatic nitrogens is 2. The van der Waals surface area contributed by atoms with Crippen LogP contribution in [-0.4, -0.2) is 45.8 Å². The van der Waals surface area contributed by atoms with Crippen LogP contribution in [0.25, 0.3) is 11.3 Å². The second kappa shape index (κ2) is 8.68. The van der Waals surface area contributed by atoms with Crippen LogP contribution in [0.5, 0.6) is 11.5 Å². The Labute approximate surface area is 171 Å². The van der Waals surface area contributed by atoms with Crippen LogP contribution in [0.15, 0.2) is 54.7 Å². The highest BCUT2D eigenvalue weighted by molar-refractivity contribution is 5.67. The van der Waals surface area contributed by atoms with Crippen molar-refractivity contribution in [3.63, 3.8) is 0 Å². The van der Waals surface area contributed by atoms with E-state index in [1.165, 1.54) is 5.56 Å². The summed E-state index contributed by atoms with van der Waals surface area (Å²) < 4.78 is 13.0. The third-order valence-electron chi connectivity index (χ3n) is 5.16. The monoisotopic (exact) mass is 393 g/mol. The number of ether oxygens (including phenoxy) is 2. The van der Waals surface area contributed by atoms with Gasteiger partial charge in [-0.3, -0.25) is 9.58 Å². The van der Waals surface area contributed by atoms with Crippen molar-refractivity contribution in [3.8, 4) is 22.8 Å². The predicted octanol–water partition coefficient (Wildman–Crippen LogP) is 3.53. The van der Waals surface area contributed by atoms with Crippen LogP contribution in [0, 0.1) is 0 Å². The highest BCUT2D eigenvalue weighted by atomic mass is 16.7. The van der Waals surface area contributed by atoms with Gasteiger partial charge >= 0.3 is 0 Å². The fraction of sp³-hybridized carbons (Fsp3) is 0.348. The first-order valence-corrected chi connectivity index (χ1v) is 9.99. The number of rotatable bonds is 8. The van der Waals surface area contributed by atoms with Gasteiger partial charge in [-0.1, -0.05) is 30.3 Å². The van der Waals surface area contributed by atoms with E-state index >= 15 is 0 Å². The van der Waals surface area contributed by atoms with Gasteiger partial charge in [0.05, 0.1) is 18.8 Å². The first-order valence-electron chi connectivity index (χ1n) is 9.99. The lowest BCUT2D eigenvalue weighted by molar-refractivity contribution is 0.159. The maximum absolute atomic E-state index is 9.46. The highest BCUT2D eigenvalue weighted by Crippen LogP contribution is 2.36. The summed E-state index contributed by atoms with van der Waals surface area (Å²) in [5.41, 5.74) is 4.27. The normalized spacial score (nSPS) is 12.9. The molecule has 0 spiro atoms. The molecule has 1 N–H and O–H groups in total. The second-order valence-electron chi connectivity index (χ2n) is 7.54. The molecular weight excluding hydrogens is 366 g/mol. The van der Waals surface area contributed by atoms with Crippen molar-refractivity contribution < 1.29 is 14.6 Å². The number of aliphatic hydroxyl groups is 1. The van der Waals surface area contributed by atoms with E-state index in [0.717, 1.165) is 34.9 Å². The Bertz CT molecular complexity index is 953. The highest BCUT2D eigenvalue weighted by Gasteiger charge is 2.20. The lowest BCUT2D eigenvalue weighted by atomic mass is 10.1. The summed E-state index contributed by atoms with van der Waals surface area (Å²) in [4.78, 5) is 2.25. The van der Waals surface area contributed by atoms with Gasteiger partial charge in [-0.05, 0) is 37.6 Å². The Balaban J connectivity index is 1.69. The van der Waals surface area contributed by atoms with E-state index < -0.39 is 0 Å². The Kier molecular flexibility index (Phi) is 5.83. The van der Waals surface area contributed by atoms with E-state index in [2.05, 4.69) is 37.1 Å². The minimum atomic E-state index is 0.135. The second-order valence-corrected chi connectivity index (χ2v) is 7.54. The van der Waals surface area contributed by atoms with Crippen molar-refractivity contribution in [2.45, 2.75) is 33.0 Å². The standard InChI is InChI=1S/C23H27N3O3/c1-17(2)25(10-11-27)14-20-15-26(13-18-6-4-3-5-7-18)24-23(20)19-8-9-21-22(12-19)29-16-28-21/h3-9,12,15,17,27H,10-11,13-14,16H2,1-2H3. The van der Waals surface area contributed by atoms with Gasteiger partial charge in [0, 0.05) is 36.5 Å². The molecular formula is C23H27N3O3. The molecule has 0 amide bonds. The van der Waals surface area contributed by atoms with Crippen molar-refractivity contribution in [1.29, 1.82) is 0 Å². The zero-order valence-electron chi connectivity index (χ0n) is 16.9. The smallest absolute Gasteiger partial charge is 0.231 e. The zero-order chi connectivity index (χ0) is 20.2. The molecule has 6 heteroatoms. The van der Waals surface area contributed by atoms with Crippen molar-refractivity contribution in [2.75, 3.05) is 19.9 Å². The van der Waals surface area contributed by atoms with E-state index in [1.54, 1.807) is 0 Å². The van der Waals surface area contributed by atoms with Crippen LogP contribution in [0.3, 0.4) is 0 Å². The predicted molar refractivity (Wildman–Crippen MR) is 112 cm³/mol. The van der Waals surface area contributed by atoms with Crippen molar-refractivity contribution >= 4 is 0 Å². The van der Waals surface area contributed by atoms with E-state index in [0.29, 0.717) is 19.1 Å². The molecule has 0 radical (unpaired) electrons. The van der Waals surface area contributed by atoms with Gasteiger partial charge in [0.15, 0.2) is 11.5 Å². The average molecular weight is 393 g/mol.